The zero-order chi connectivity index (χ0) is 53.9. The largest absolute Gasteiger partial charge is 0.462 e. The number of rotatable bonds is 62. The number of esters is 3. The zero-order valence-corrected chi connectivity index (χ0v) is 51.0. The van der Waals surface area contributed by atoms with Crippen LogP contribution in [-0.2, 0) is 28.6 Å². The van der Waals surface area contributed by atoms with Gasteiger partial charge in [0.25, 0.3) is 0 Å². The topological polar surface area (TPSA) is 78.9 Å². The molecule has 0 heterocycles. The molecule has 2 unspecified atom stereocenters. The summed E-state index contributed by atoms with van der Waals surface area (Å²) in [6.07, 6.45) is 68.1. The first-order chi connectivity index (χ1) is 36.3. The molecule has 0 saturated heterocycles. The van der Waals surface area contributed by atoms with Crippen LogP contribution < -0.4 is 0 Å². The summed E-state index contributed by atoms with van der Waals surface area (Å²) in [5, 5.41) is 0. The molecule has 3 atom stereocenters. The molecule has 440 valence electrons. The maximum absolute atomic E-state index is 12.9. The van der Waals surface area contributed by atoms with E-state index in [4.69, 9.17) is 14.2 Å². The van der Waals surface area contributed by atoms with E-state index in [0.29, 0.717) is 19.3 Å². The van der Waals surface area contributed by atoms with E-state index >= 15 is 0 Å². The number of carbonyl (C=O) groups excluding carboxylic acids is 3. The summed E-state index contributed by atoms with van der Waals surface area (Å²) in [6.45, 7) is 11.5. The van der Waals surface area contributed by atoms with Crippen LogP contribution in [0.15, 0.2) is 0 Å². The van der Waals surface area contributed by atoms with Gasteiger partial charge >= 0.3 is 17.9 Å². The molecule has 0 aliphatic carbocycles. The van der Waals surface area contributed by atoms with Gasteiger partial charge in [-0.25, -0.2) is 0 Å². The Morgan fingerprint density at radius 2 is 0.473 bits per heavy atom. The van der Waals surface area contributed by atoms with Crippen molar-refractivity contribution in [2.75, 3.05) is 13.2 Å². The van der Waals surface area contributed by atoms with Crippen molar-refractivity contribution in [1.82, 2.24) is 0 Å². The minimum absolute atomic E-state index is 0.0614. The Hall–Kier alpha value is -1.59. The minimum Gasteiger partial charge on any atom is -0.462 e. The summed E-state index contributed by atoms with van der Waals surface area (Å²) in [5.74, 6) is 0.978. The van der Waals surface area contributed by atoms with Crippen LogP contribution in [0.4, 0.5) is 0 Å². The summed E-state index contributed by atoms with van der Waals surface area (Å²) in [6, 6.07) is 0. The lowest BCUT2D eigenvalue weighted by molar-refractivity contribution is -0.167. The van der Waals surface area contributed by atoms with Crippen molar-refractivity contribution in [1.29, 1.82) is 0 Å². The van der Waals surface area contributed by atoms with E-state index < -0.39 is 6.10 Å². The fourth-order valence-electron chi connectivity index (χ4n) is 10.6. The predicted octanol–water partition coefficient (Wildman–Crippen LogP) is 22.8. The van der Waals surface area contributed by atoms with E-state index in [1.807, 2.05) is 0 Å². The van der Waals surface area contributed by atoms with Crippen LogP contribution in [0.1, 0.15) is 388 Å². The molecule has 6 nitrogen and oxygen atoms in total. The number of carbonyl (C=O) groups is 3. The van der Waals surface area contributed by atoms with Crippen molar-refractivity contribution < 1.29 is 28.6 Å². The average Bonchev–Trinajstić information content (AvgIpc) is 3.40. The van der Waals surface area contributed by atoms with Crippen molar-refractivity contribution >= 4 is 17.9 Å². The normalized spacial score (nSPS) is 12.8. The molecule has 0 radical (unpaired) electrons. The van der Waals surface area contributed by atoms with Crippen molar-refractivity contribution in [2.45, 2.75) is 394 Å². The van der Waals surface area contributed by atoms with Gasteiger partial charge in [-0.3, -0.25) is 14.4 Å². The number of unbranched alkanes of at least 4 members (excludes halogenated alkanes) is 45. The van der Waals surface area contributed by atoms with Crippen LogP contribution in [0.25, 0.3) is 0 Å². The summed E-state index contributed by atoms with van der Waals surface area (Å²) in [4.78, 5) is 38.4. The molecule has 0 saturated carbocycles. The lowest BCUT2D eigenvalue weighted by Gasteiger charge is -2.18. The number of ether oxygens (including phenoxy) is 3. The lowest BCUT2D eigenvalue weighted by Crippen LogP contribution is -2.30. The van der Waals surface area contributed by atoms with Crippen molar-refractivity contribution in [2.24, 2.45) is 11.8 Å². The van der Waals surface area contributed by atoms with Crippen molar-refractivity contribution in [3.8, 4) is 0 Å². The van der Waals surface area contributed by atoms with E-state index in [9.17, 15) is 14.4 Å². The minimum atomic E-state index is -0.764. The summed E-state index contributed by atoms with van der Waals surface area (Å²) < 4.78 is 17.0. The van der Waals surface area contributed by atoms with Gasteiger partial charge in [0.05, 0.1) is 0 Å². The summed E-state index contributed by atoms with van der Waals surface area (Å²) in [5.41, 5.74) is 0. The Kier molecular flexibility index (Phi) is 59.3. The molecule has 74 heavy (non-hydrogen) atoms. The van der Waals surface area contributed by atoms with Gasteiger partial charge in [-0.2, -0.15) is 0 Å². The second-order valence-corrected chi connectivity index (χ2v) is 23.9. The molecule has 0 aromatic carbocycles. The third-order valence-electron chi connectivity index (χ3n) is 16.4. The van der Waals surface area contributed by atoms with Gasteiger partial charge in [-0.1, -0.05) is 349 Å². The maximum Gasteiger partial charge on any atom is 0.306 e. The van der Waals surface area contributed by atoms with Gasteiger partial charge in [0, 0.05) is 19.3 Å². The summed E-state index contributed by atoms with van der Waals surface area (Å²) in [7, 11) is 0. The van der Waals surface area contributed by atoms with Gasteiger partial charge in [0.2, 0.25) is 0 Å². The van der Waals surface area contributed by atoms with Crippen molar-refractivity contribution in [3.05, 3.63) is 0 Å². The number of hydrogen-bond donors (Lipinski definition) is 0. The fraction of sp³-hybridized carbons (Fsp3) is 0.956. The SMILES string of the molecule is CCCCCCCCCCCCCCCCCCC(=O)OC[C@@H](COC(=O)CCCCCCCCCCCCCCCCC(C)CC)OC(=O)CCCCCCCCCCCCCCCCCCCCC(C)CC. The zero-order valence-electron chi connectivity index (χ0n) is 51.0. The maximum atomic E-state index is 12.9. The number of hydrogen-bond acceptors (Lipinski definition) is 6. The molecular weight excluding hydrogens is 913 g/mol. The molecule has 0 N–H and O–H groups in total. The molecule has 0 amide bonds. The molecule has 0 spiro atoms. The van der Waals surface area contributed by atoms with Gasteiger partial charge in [0.1, 0.15) is 13.2 Å². The van der Waals surface area contributed by atoms with Crippen LogP contribution in [0.2, 0.25) is 0 Å². The van der Waals surface area contributed by atoms with Gasteiger partial charge in [-0.05, 0) is 31.1 Å². The van der Waals surface area contributed by atoms with E-state index in [-0.39, 0.29) is 31.1 Å². The molecule has 0 aliphatic heterocycles. The van der Waals surface area contributed by atoms with Gasteiger partial charge in [-0.15, -0.1) is 0 Å². The van der Waals surface area contributed by atoms with Crippen LogP contribution in [0.5, 0.6) is 0 Å². The van der Waals surface area contributed by atoms with Gasteiger partial charge < -0.3 is 14.2 Å². The first kappa shape index (κ1) is 72.4. The second kappa shape index (κ2) is 60.6. The van der Waals surface area contributed by atoms with E-state index in [2.05, 4.69) is 34.6 Å². The Morgan fingerprint density at radius 3 is 0.703 bits per heavy atom. The molecule has 0 aromatic heterocycles. The third kappa shape index (κ3) is 58.1. The highest BCUT2D eigenvalue weighted by Crippen LogP contribution is 2.20. The Balaban J connectivity index is 4.28. The Morgan fingerprint density at radius 1 is 0.270 bits per heavy atom. The van der Waals surface area contributed by atoms with E-state index in [1.165, 1.54) is 276 Å². The Labute approximate surface area is 463 Å². The van der Waals surface area contributed by atoms with E-state index in [0.717, 1.165) is 69.6 Å². The highest BCUT2D eigenvalue weighted by Gasteiger charge is 2.20. The van der Waals surface area contributed by atoms with Crippen LogP contribution >= 0.6 is 0 Å². The highest BCUT2D eigenvalue weighted by molar-refractivity contribution is 5.71. The molecule has 0 rings (SSSR count). The molecule has 0 aliphatic rings. The van der Waals surface area contributed by atoms with Crippen molar-refractivity contribution in [3.63, 3.8) is 0 Å². The predicted molar refractivity (Wildman–Crippen MR) is 321 cm³/mol. The first-order valence-electron chi connectivity index (χ1n) is 33.8. The van der Waals surface area contributed by atoms with Crippen LogP contribution in [0, 0.1) is 11.8 Å². The first-order valence-corrected chi connectivity index (χ1v) is 33.8. The molecule has 0 bridgehead atoms. The lowest BCUT2D eigenvalue weighted by atomic mass is 9.99. The smallest absolute Gasteiger partial charge is 0.306 e. The molecule has 6 heteroatoms. The Bertz CT molecular complexity index is 1140. The summed E-state index contributed by atoms with van der Waals surface area (Å²) >= 11 is 0. The highest BCUT2D eigenvalue weighted by atomic mass is 16.6. The molecule has 0 aromatic rings. The average molecular weight is 1050 g/mol. The quantitative estimate of drug-likeness (QED) is 0.0343. The molecule has 0 fully saturated rings. The van der Waals surface area contributed by atoms with Gasteiger partial charge in [0.15, 0.2) is 6.10 Å². The monoisotopic (exact) mass is 1050 g/mol. The standard InChI is InChI=1S/C68H132O6/c1-6-9-10-11-12-13-14-15-16-22-28-33-38-43-48-53-58-66(69)72-61-65(62-73-67(70)59-54-49-44-39-34-29-25-24-27-32-37-42-47-52-57-64(5)8-3)74-68(71)60-55-50-45-40-35-30-23-20-18-17-19-21-26-31-36-41-46-51-56-63(4)7-2/h63-65H,6-62H2,1-5H3/t63?,64?,65-/m0/s1. The fourth-order valence-corrected chi connectivity index (χ4v) is 10.6. The molecular formula is C68H132O6. The van der Waals surface area contributed by atoms with Crippen LogP contribution in [-0.4, -0.2) is 37.2 Å². The third-order valence-corrected chi connectivity index (χ3v) is 16.4. The second-order valence-electron chi connectivity index (χ2n) is 23.9. The van der Waals surface area contributed by atoms with Crippen LogP contribution in [0.3, 0.4) is 0 Å². The van der Waals surface area contributed by atoms with E-state index in [1.54, 1.807) is 0 Å².